The number of nitrogens with two attached hydrogens (primary N) is 1. The maximum absolute atomic E-state index is 6.43. The molecule has 1 saturated heterocycles. The van der Waals surface area contributed by atoms with Crippen molar-refractivity contribution in [3.05, 3.63) is 29.5 Å². The summed E-state index contributed by atoms with van der Waals surface area (Å²) in [5.74, 6) is 0.405. The van der Waals surface area contributed by atoms with E-state index in [4.69, 9.17) is 10.7 Å². The van der Waals surface area contributed by atoms with Gasteiger partial charge in [-0.1, -0.05) is 13.8 Å². The van der Waals surface area contributed by atoms with Crippen molar-refractivity contribution in [2.45, 2.75) is 39.5 Å². The molecule has 106 valence electrons. The number of benzene rings is 1. The second-order valence-electron chi connectivity index (χ2n) is 6.07. The molecule has 0 radical (unpaired) electrons. The van der Waals surface area contributed by atoms with Crippen molar-refractivity contribution in [1.82, 2.24) is 4.98 Å². The minimum Gasteiger partial charge on any atom is -0.398 e. The van der Waals surface area contributed by atoms with E-state index in [2.05, 4.69) is 43.9 Å². The summed E-state index contributed by atoms with van der Waals surface area (Å²) in [6.45, 7) is 8.72. The van der Waals surface area contributed by atoms with Crippen LogP contribution < -0.4 is 10.6 Å². The summed E-state index contributed by atoms with van der Waals surface area (Å²) in [4.78, 5) is 7.17. The molecule has 1 aromatic heterocycles. The molecule has 0 amide bonds. The Morgan fingerprint density at radius 2 is 1.90 bits per heavy atom. The maximum atomic E-state index is 6.43. The van der Waals surface area contributed by atoms with Gasteiger partial charge in [0.2, 0.25) is 0 Å². The lowest BCUT2D eigenvalue weighted by atomic mass is 9.97. The van der Waals surface area contributed by atoms with Crippen LogP contribution in [0.25, 0.3) is 10.9 Å². The monoisotopic (exact) mass is 269 g/mol. The van der Waals surface area contributed by atoms with Crippen LogP contribution in [0.2, 0.25) is 0 Å². The molecule has 0 atom stereocenters. The van der Waals surface area contributed by atoms with Gasteiger partial charge in [-0.3, -0.25) is 4.98 Å². The molecule has 2 aromatic rings. The van der Waals surface area contributed by atoms with Crippen LogP contribution in [-0.4, -0.2) is 18.1 Å². The maximum Gasteiger partial charge on any atom is 0.0727 e. The van der Waals surface area contributed by atoms with E-state index in [1.54, 1.807) is 0 Å². The Kier molecular flexibility index (Phi) is 3.28. The average Bonchev–Trinajstić information content (AvgIpc) is 2.92. The van der Waals surface area contributed by atoms with Gasteiger partial charge in [-0.15, -0.1) is 0 Å². The zero-order chi connectivity index (χ0) is 14.3. The fourth-order valence-electron chi connectivity index (χ4n) is 3.32. The first kappa shape index (κ1) is 13.2. The third-order valence-electron chi connectivity index (χ3n) is 4.29. The molecule has 0 aliphatic carbocycles. The number of aromatic nitrogens is 1. The molecule has 0 unspecified atom stereocenters. The molecular formula is C17H23N3. The number of anilines is 2. The van der Waals surface area contributed by atoms with Gasteiger partial charge in [0, 0.05) is 35.5 Å². The van der Waals surface area contributed by atoms with Crippen LogP contribution in [0.4, 0.5) is 11.4 Å². The van der Waals surface area contributed by atoms with Crippen LogP contribution in [0.15, 0.2) is 18.2 Å². The molecule has 1 aliphatic heterocycles. The first-order valence-corrected chi connectivity index (χ1v) is 7.52. The van der Waals surface area contributed by atoms with Gasteiger partial charge in [-0.2, -0.15) is 0 Å². The zero-order valence-electron chi connectivity index (χ0n) is 12.6. The lowest BCUT2D eigenvalue weighted by molar-refractivity contribution is 0.851. The van der Waals surface area contributed by atoms with E-state index >= 15 is 0 Å². The van der Waals surface area contributed by atoms with Crippen molar-refractivity contribution in [2.24, 2.45) is 0 Å². The highest BCUT2D eigenvalue weighted by atomic mass is 15.1. The van der Waals surface area contributed by atoms with E-state index < -0.39 is 0 Å². The third-order valence-corrected chi connectivity index (χ3v) is 4.29. The summed E-state index contributed by atoms with van der Waals surface area (Å²) in [6, 6.07) is 6.50. The summed E-state index contributed by atoms with van der Waals surface area (Å²) < 4.78 is 0. The van der Waals surface area contributed by atoms with Crippen molar-refractivity contribution in [3.63, 3.8) is 0 Å². The van der Waals surface area contributed by atoms with E-state index in [1.807, 2.05) is 0 Å². The van der Waals surface area contributed by atoms with E-state index in [0.29, 0.717) is 5.92 Å². The number of hydrogen-bond donors (Lipinski definition) is 1. The summed E-state index contributed by atoms with van der Waals surface area (Å²) in [7, 11) is 0. The van der Waals surface area contributed by atoms with Crippen molar-refractivity contribution < 1.29 is 0 Å². The fourth-order valence-corrected chi connectivity index (χ4v) is 3.32. The van der Waals surface area contributed by atoms with Gasteiger partial charge in [-0.05, 0) is 49.4 Å². The van der Waals surface area contributed by atoms with Crippen LogP contribution in [0.1, 0.15) is 43.9 Å². The Balaban J connectivity index is 2.17. The van der Waals surface area contributed by atoms with E-state index in [-0.39, 0.29) is 0 Å². The first-order chi connectivity index (χ1) is 9.58. The number of hydrogen-bond acceptors (Lipinski definition) is 3. The SMILES string of the molecule is Cc1nc2ccc(N3CCCC3)cc2c(N)c1C(C)C. The summed E-state index contributed by atoms with van der Waals surface area (Å²) >= 11 is 0. The second kappa shape index (κ2) is 4.97. The molecule has 2 heterocycles. The molecule has 3 rings (SSSR count). The lowest BCUT2D eigenvalue weighted by Crippen LogP contribution is -2.17. The van der Waals surface area contributed by atoms with Crippen LogP contribution in [0.3, 0.4) is 0 Å². The predicted octanol–water partition coefficient (Wildman–Crippen LogP) is 3.85. The van der Waals surface area contributed by atoms with Gasteiger partial charge >= 0.3 is 0 Å². The van der Waals surface area contributed by atoms with Gasteiger partial charge < -0.3 is 10.6 Å². The second-order valence-corrected chi connectivity index (χ2v) is 6.07. The van der Waals surface area contributed by atoms with Crippen molar-refractivity contribution >= 4 is 22.3 Å². The van der Waals surface area contributed by atoms with E-state index in [9.17, 15) is 0 Å². The Labute approximate surface area is 120 Å². The van der Waals surface area contributed by atoms with Crippen molar-refractivity contribution in [3.8, 4) is 0 Å². The number of pyridine rings is 1. The highest BCUT2D eigenvalue weighted by molar-refractivity contribution is 5.94. The van der Waals surface area contributed by atoms with Crippen LogP contribution in [0.5, 0.6) is 0 Å². The number of nitrogens with zero attached hydrogens (tertiary/aromatic N) is 2. The Bertz CT molecular complexity index is 640. The van der Waals surface area contributed by atoms with Gasteiger partial charge in [0.25, 0.3) is 0 Å². The minimum atomic E-state index is 0.405. The molecule has 1 aromatic carbocycles. The molecule has 3 heteroatoms. The van der Waals surface area contributed by atoms with Crippen LogP contribution in [0, 0.1) is 6.92 Å². The highest BCUT2D eigenvalue weighted by Crippen LogP contribution is 2.33. The number of aryl methyl sites for hydroxylation is 1. The van der Waals surface area contributed by atoms with Gasteiger partial charge in [-0.25, -0.2) is 0 Å². The largest absolute Gasteiger partial charge is 0.398 e. The Morgan fingerprint density at radius 1 is 1.20 bits per heavy atom. The molecule has 1 aliphatic rings. The molecular weight excluding hydrogens is 246 g/mol. The van der Waals surface area contributed by atoms with Crippen molar-refractivity contribution in [2.75, 3.05) is 23.7 Å². The molecule has 0 saturated carbocycles. The standard InChI is InChI=1S/C17H23N3/c1-11(2)16-12(3)19-15-7-6-13(10-14(15)17(16)18)20-8-4-5-9-20/h6-7,10-11H,4-5,8-9H2,1-3H3,(H2,18,19). The van der Waals surface area contributed by atoms with Gasteiger partial charge in [0.15, 0.2) is 0 Å². The smallest absolute Gasteiger partial charge is 0.0727 e. The predicted molar refractivity (Wildman–Crippen MR) is 86.4 cm³/mol. The van der Waals surface area contributed by atoms with Gasteiger partial charge in [0.05, 0.1) is 5.52 Å². The zero-order valence-corrected chi connectivity index (χ0v) is 12.6. The molecule has 2 N–H and O–H groups in total. The first-order valence-electron chi connectivity index (χ1n) is 7.52. The van der Waals surface area contributed by atoms with Crippen LogP contribution >= 0.6 is 0 Å². The summed E-state index contributed by atoms with van der Waals surface area (Å²) in [5.41, 5.74) is 11.9. The summed E-state index contributed by atoms with van der Waals surface area (Å²) in [5, 5.41) is 1.10. The Morgan fingerprint density at radius 3 is 2.55 bits per heavy atom. The molecule has 1 fully saturated rings. The van der Waals surface area contributed by atoms with Gasteiger partial charge in [0.1, 0.15) is 0 Å². The minimum absolute atomic E-state index is 0.405. The number of nitrogen functional groups attached to an aromatic ring is 1. The number of fused-ring (bicyclic) bond motifs is 1. The van der Waals surface area contributed by atoms with Crippen molar-refractivity contribution in [1.29, 1.82) is 0 Å². The molecule has 0 bridgehead atoms. The third kappa shape index (κ3) is 2.11. The summed E-state index contributed by atoms with van der Waals surface area (Å²) in [6.07, 6.45) is 2.58. The topological polar surface area (TPSA) is 42.2 Å². The fraction of sp³-hybridized carbons (Fsp3) is 0.471. The molecule has 0 spiro atoms. The van der Waals surface area contributed by atoms with Crippen LogP contribution in [-0.2, 0) is 0 Å². The molecule has 20 heavy (non-hydrogen) atoms. The Hall–Kier alpha value is -1.77. The highest BCUT2D eigenvalue weighted by Gasteiger charge is 2.16. The normalized spacial score (nSPS) is 15.5. The van der Waals surface area contributed by atoms with E-state index in [0.717, 1.165) is 35.4 Å². The number of rotatable bonds is 2. The average molecular weight is 269 g/mol. The lowest BCUT2D eigenvalue weighted by Gasteiger charge is -2.20. The van der Waals surface area contributed by atoms with E-state index in [1.165, 1.54) is 24.1 Å². The quantitative estimate of drug-likeness (QED) is 0.900. The molecule has 3 nitrogen and oxygen atoms in total.